The first-order valence-corrected chi connectivity index (χ1v) is 33.3. The highest BCUT2D eigenvalue weighted by atomic mass is 16.6. The Kier molecular flexibility index (Phi) is 62.2. The van der Waals surface area contributed by atoms with E-state index >= 15 is 0 Å². The van der Waals surface area contributed by atoms with E-state index in [4.69, 9.17) is 14.2 Å². The highest BCUT2D eigenvalue weighted by Gasteiger charge is 2.19. The number of hydrogen-bond acceptors (Lipinski definition) is 6. The maximum atomic E-state index is 12.9. The lowest BCUT2D eigenvalue weighted by Crippen LogP contribution is -2.30. The van der Waals surface area contributed by atoms with Crippen LogP contribution in [-0.4, -0.2) is 37.2 Å². The Morgan fingerprint density at radius 3 is 0.750 bits per heavy atom. The first-order chi connectivity index (χ1) is 37.5. The monoisotopic (exact) mass is 1060 g/mol. The van der Waals surface area contributed by atoms with Gasteiger partial charge in [-0.15, -0.1) is 0 Å². The minimum absolute atomic E-state index is 0.0808. The summed E-state index contributed by atoms with van der Waals surface area (Å²) in [6, 6.07) is 0. The number of rotatable bonds is 61. The van der Waals surface area contributed by atoms with Gasteiger partial charge in [-0.2, -0.15) is 0 Å². The number of esters is 3. The number of allylic oxidation sites excluding steroid dienone is 10. The van der Waals surface area contributed by atoms with Crippen LogP contribution in [0.1, 0.15) is 348 Å². The second-order valence-corrected chi connectivity index (χ2v) is 22.4. The molecule has 6 nitrogen and oxygen atoms in total. The lowest BCUT2D eigenvalue weighted by Gasteiger charge is -2.18. The molecule has 0 rings (SSSR count). The molecule has 0 aliphatic heterocycles. The lowest BCUT2D eigenvalue weighted by atomic mass is 10.0. The molecule has 1 unspecified atom stereocenters. The van der Waals surface area contributed by atoms with Crippen LogP contribution in [0.5, 0.6) is 0 Å². The van der Waals surface area contributed by atoms with Gasteiger partial charge in [-0.3, -0.25) is 14.4 Å². The van der Waals surface area contributed by atoms with Gasteiger partial charge < -0.3 is 14.2 Å². The first kappa shape index (κ1) is 73.1. The number of ether oxygens (including phenoxy) is 3. The molecule has 0 radical (unpaired) electrons. The van der Waals surface area contributed by atoms with E-state index in [9.17, 15) is 14.4 Å². The molecular weight excluding hydrogens is 937 g/mol. The van der Waals surface area contributed by atoms with Crippen molar-refractivity contribution < 1.29 is 28.6 Å². The maximum Gasteiger partial charge on any atom is 0.306 e. The number of carbonyl (C=O) groups is 3. The molecular formula is C70H126O6. The van der Waals surface area contributed by atoms with Gasteiger partial charge in [0.15, 0.2) is 6.10 Å². The van der Waals surface area contributed by atoms with Gasteiger partial charge in [0.2, 0.25) is 0 Å². The molecule has 0 aromatic rings. The molecule has 0 N–H and O–H groups in total. The van der Waals surface area contributed by atoms with Crippen molar-refractivity contribution in [2.75, 3.05) is 13.2 Å². The summed E-state index contributed by atoms with van der Waals surface area (Å²) in [4.78, 5) is 38.3. The summed E-state index contributed by atoms with van der Waals surface area (Å²) in [5.41, 5.74) is 0. The number of hydrogen-bond donors (Lipinski definition) is 0. The third-order valence-corrected chi connectivity index (χ3v) is 14.7. The van der Waals surface area contributed by atoms with Gasteiger partial charge in [0.05, 0.1) is 0 Å². The second-order valence-electron chi connectivity index (χ2n) is 22.4. The van der Waals surface area contributed by atoms with E-state index in [2.05, 4.69) is 81.5 Å². The zero-order chi connectivity index (χ0) is 55.0. The summed E-state index contributed by atoms with van der Waals surface area (Å²) in [5, 5.41) is 0. The molecule has 1 atom stereocenters. The first-order valence-electron chi connectivity index (χ1n) is 33.3. The van der Waals surface area contributed by atoms with Crippen molar-refractivity contribution in [2.45, 2.75) is 354 Å². The van der Waals surface area contributed by atoms with Crippen LogP contribution >= 0.6 is 0 Å². The summed E-state index contributed by atoms with van der Waals surface area (Å²) in [7, 11) is 0. The third kappa shape index (κ3) is 62.0. The maximum absolute atomic E-state index is 12.9. The molecule has 76 heavy (non-hydrogen) atoms. The van der Waals surface area contributed by atoms with Crippen LogP contribution in [0.15, 0.2) is 60.8 Å². The van der Waals surface area contributed by atoms with Crippen LogP contribution in [0.25, 0.3) is 0 Å². The van der Waals surface area contributed by atoms with E-state index in [-0.39, 0.29) is 31.1 Å². The molecule has 0 fully saturated rings. The number of carbonyl (C=O) groups excluding carboxylic acids is 3. The van der Waals surface area contributed by atoms with Crippen LogP contribution in [0.2, 0.25) is 0 Å². The average Bonchev–Trinajstić information content (AvgIpc) is 3.42. The summed E-state index contributed by atoms with van der Waals surface area (Å²) in [6.07, 6.45) is 82.3. The highest BCUT2D eigenvalue weighted by molar-refractivity contribution is 5.71. The largest absolute Gasteiger partial charge is 0.462 e. The van der Waals surface area contributed by atoms with E-state index in [1.165, 1.54) is 218 Å². The predicted molar refractivity (Wildman–Crippen MR) is 330 cm³/mol. The van der Waals surface area contributed by atoms with Crippen molar-refractivity contribution in [2.24, 2.45) is 0 Å². The van der Waals surface area contributed by atoms with Gasteiger partial charge in [0, 0.05) is 19.3 Å². The Labute approximate surface area is 472 Å². The van der Waals surface area contributed by atoms with E-state index in [1.54, 1.807) is 0 Å². The predicted octanol–water partition coefficient (Wildman–Crippen LogP) is 22.7. The quantitative estimate of drug-likeness (QED) is 0.0261. The van der Waals surface area contributed by atoms with Gasteiger partial charge in [-0.05, 0) is 109 Å². The Hall–Kier alpha value is -2.89. The van der Waals surface area contributed by atoms with Crippen molar-refractivity contribution in [1.29, 1.82) is 0 Å². The van der Waals surface area contributed by atoms with Gasteiger partial charge in [0.25, 0.3) is 0 Å². The summed E-state index contributed by atoms with van der Waals surface area (Å²) >= 11 is 0. The van der Waals surface area contributed by atoms with Gasteiger partial charge >= 0.3 is 17.9 Å². The molecule has 0 heterocycles. The van der Waals surface area contributed by atoms with Crippen molar-refractivity contribution >= 4 is 17.9 Å². The Balaban J connectivity index is 4.34. The van der Waals surface area contributed by atoms with E-state index < -0.39 is 6.10 Å². The van der Waals surface area contributed by atoms with E-state index in [0.29, 0.717) is 19.3 Å². The zero-order valence-electron chi connectivity index (χ0n) is 50.8. The standard InChI is InChI=1S/C70H126O6/c1-4-7-10-13-16-19-22-25-28-30-32-34-35-37-38-40-42-45-48-51-54-57-60-63-69(72)75-66-67(65-74-68(71)62-59-56-53-50-47-44-27-24-21-18-15-12-9-6-3)76-70(73)64-61-58-55-52-49-46-43-41-39-36-33-31-29-26-23-20-17-14-11-8-5-2/h23-24,26-27,30-33,39,41,67H,4-22,25,28-29,34-38,40,42-66H2,1-3H3/b26-23-,27-24-,32-30-,33-31-,41-39-. The van der Waals surface area contributed by atoms with Crippen LogP contribution in [0.4, 0.5) is 0 Å². The molecule has 0 aliphatic rings. The fraction of sp³-hybridized carbons (Fsp3) is 0.814. The molecule has 0 saturated carbocycles. The van der Waals surface area contributed by atoms with Gasteiger partial charge in [-0.1, -0.05) is 281 Å². The lowest BCUT2D eigenvalue weighted by molar-refractivity contribution is -0.167. The number of unbranched alkanes of at least 4 members (excludes halogenated alkanes) is 40. The zero-order valence-corrected chi connectivity index (χ0v) is 50.8. The fourth-order valence-electron chi connectivity index (χ4n) is 9.68. The van der Waals surface area contributed by atoms with Crippen LogP contribution in [0, 0.1) is 0 Å². The minimum atomic E-state index is -0.786. The molecule has 0 saturated heterocycles. The summed E-state index contributed by atoms with van der Waals surface area (Å²) in [5.74, 6) is -0.885. The summed E-state index contributed by atoms with van der Waals surface area (Å²) in [6.45, 7) is 6.65. The van der Waals surface area contributed by atoms with Crippen molar-refractivity contribution in [3.63, 3.8) is 0 Å². The SMILES string of the molecule is CCCCCCC/C=C\C/C=C\C/C=C\CCCCCCCCC(=O)OC(COC(=O)CCCCCCC/C=C\CCCCCCC)COC(=O)CCCCCCCCCCCCC/C=C\CCCCCCCCCC. The van der Waals surface area contributed by atoms with Crippen LogP contribution < -0.4 is 0 Å². The molecule has 0 aromatic carbocycles. The minimum Gasteiger partial charge on any atom is -0.462 e. The topological polar surface area (TPSA) is 78.9 Å². The Morgan fingerprint density at radius 1 is 0.263 bits per heavy atom. The van der Waals surface area contributed by atoms with Crippen molar-refractivity contribution in [1.82, 2.24) is 0 Å². The van der Waals surface area contributed by atoms with Crippen molar-refractivity contribution in [3.05, 3.63) is 60.8 Å². The molecule has 0 aliphatic carbocycles. The van der Waals surface area contributed by atoms with Crippen molar-refractivity contribution in [3.8, 4) is 0 Å². The van der Waals surface area contributed by atoms with Gasteiger partial charge in [0.1, 0.15) is 13.2 Å². The third-order valence-electron chi connectivity index (χ3n) is 14.7. The molecule has 0 aromatic heterocycles. The smallest absolute Gasteiger partial charge is 0.306 e. The highest BCUT2D eigenvalue weighted by Crippen LogP contribution is 2.16. The van der Waals surface area contributed by atoms with E-state index in [1.807, 2.05) is 0 Å². The molecule has 6 heteroatoms. The Morgan fingerprint density at radius 2 is 0.474 bits per heavy atom. The normalized spacial score (nSPS) is 12.4. The summed E-state index contributed by atoms with van der Waals surface area (Å²) < 4.78 is 16.9. The molecule has 0 spiro atoms. The Bertz CT molecular complexity index is 1360. The molecule has 442 valence electrons. The average molecular weight is 1060 g/mol. The van der Waals surface area contributed by atoms with Crippen LogP contribution in [-0.2, 0) is 28.6 Å². The second kappa shape index (κ2) is 64.6. The van der Waals surface area contributed by atoms with Crippen LogP contribution in [0.3, 0.4) is 0 Å². The van der Waals surface area contributed by atoms with Gasteiger partial charge in [-0.25, -0.2) is 0 Å². The fourth-order valence-corrected chi connectivity index (χ4v) is 9.68. The molecule has 0 amide bonds. The van der Waals surface area contributed by atoms with E-state index in [0.717, 1.165) is 89.9 Å². The molecule has 0 bridgehead atoms.